The standard InChI is InChI=1S/C31H36NO3.C25H23NO3.CH4.2ClH/c1-5-8-9-12-19-34-31(33)25-14-11-10-13-24(25)30-26-17-15-22(4)20-28(26)35-29-21-23(16-18-27(29)30)32(6-2)7-3;1-4-26(5-2)17-11-13-21-23(15-17)29-22-14-16(3)10-12-20(22)24(21)18-8-6-7-9-19(18)25(27)28;;;/h10-11,13-18,20-21H,5-9,12,19H2,1-4H3;6-15H,4-5H2,1-3H3;1H4;2*1H/q+1;;;;/p-1. The maximum absolute atomic E-state index is 13.2. The lowest BCUT2D eigenvalue weighted by Crippen LogP contribution is -3.00. The number of nitrogens with zero attached hydrogens (tertiary/aromatic N) is 2. The van der Waals surface area contributed by atoms with Crippen molar-refractivity contribution in [2.75, 3.05) is 32.8 Å². The first-order chi connectivity index (χ1) is 31.1. The van der Waals surface area contributed by atoms with Crippen molar-refractivity contribution in [3.63, 3.8) is 0 Å². The van der Waals surface area contributed by atoms with Crippen LogP contribution in [0.3, 0.4) is 0 Å². The van der Waals surface area contributed by atoms with E-state index in [1.807, 2.05) is 67.6 Å². The van der Waals surface area contributed by atoms with E-state index in [1.165, 1.54) is 0 Å². The fraction of sp³-hybridized carbons (Fsp3) is 0.298. The summed E-state index contributed by atoms with van der Waals surface area (Å²) in [4.78, 5) is 25.1. The van der Waals surface area contributed by atoms with Gasteiger partial charge in [-0.2, -0.15) is 0 Å². The van der Waals surface area contributed by atoms with Crippen LogP contribution in [0.15, 0.2) is 130 Å². The Morgan fingerprint density at radius 1 is 0.537 bits per heavy atom. The van der Waals surface area contributed by atoms with Crippen LogP contribution in [0, 0.1) is 13.8 Å². The maximum Gasteiger partial charge on any atom is 0.338 e. The van der Waals surface area contributed by atoms with E-state index in [9.17, 15) is 14.7 Å². The minimum atomic E-state index is -0.936. The predicted octanol–water partition coefficient (Wildman–Crippen LogP) is 6.73. The molecule has 0 atom stereocenters. The summed E-state index contributed by atoms with van der Waals surface area (Å²) < 4.78 is 23.0. The molecule has 0 amide bonds. The summed E-state index contributed by atoms with van der Waals surface area (Å²) in [6.45, 7) is 18.9. The van der Waals surface area contributed by atoms with Crippen molar-refractivity contribution in [2.45, 2.75) is 81.6 Å². The molecule has 2 aliphatic carbocycles. The molecular formula is C57H64Cl2N2O6. The third kappa shape index (κ3) is 11.7. The molecule has 4 aliphatic rings. The SMILES string of the molecule is C.CCCCCCOC(=O)c1ccccc1-c1c2ccc(=[N+](CC)CC)cc-2oc2cc(C)ccc12.CC[N+](CC)=c1ccc2c(-c3ccccc3C(=O)O)c3ccc(C)cc3oc-2c1.[Cl-].[Cl-]. The van der Waals surface area contributed by atoms with Crippen LogP contribution < -0.4 is 44.7 Å². The zero-order valence-corrected chi connectivity index (χ0v) is 40.6. The summed E-state index contributed by atoms with van der Waals surface area (Å²) in [7, 11) is 0. The van der Waals surface area contributed by atoms with Crippen LogP contribution in [-0.2, 0) is 4.74 Å². The average Bonchev–Trinajstić information content (AvgIpc) is 3.30. The number of carboxylic acids is 1. The fourth-order valence-electron chi connectivity index (χ4n) is 8.66. The van der Waals surface area contributed by atoms with Gasteiger partial charge in [0.2, 0.25) is 10.7 Å². The number of halogens is 2. The Morgan fingerprint density at radius 2 is 0.985 bits per heavy atom. The summed E-state index contributed by atoms with van der Waals surface area (Å²) in [6.07, 6.45) is 4.29. The smallest absolute Gasteiger partial charge is 0.338 e. The molecule has 0 radical (unpaired) electrons. The number of unbranched alkanes of at least 4 members (excludes halogenated alkanes) is 3. The highest BCUT2D eigenvalue weighted by Gasteiger charge is 2.24. The van der Waals surface area contributed by atoms with Gasteiger partial charge >= 0.3 is 11.9 Å². The number of carbonyl (C=O) groups excluding carboxylic acids is 1. The van der Waals surface area contributed by atoms with Gasteiger partial charge in [0.25, 0.3) is 0 Å². The molecule has 8 nitrogen and oxygen atoms in total. The van der Waals surface area contributed by atoms with Crippen molar-refractivity contribution in [2.24, 2.45) is 0 Å². The second-order valence-electron chi connectivity index (χ2n) is 16.3. The van der Waals surface area contributed by atoms with Crippen molar-refractivity contribution < 1.29 is 53.1 Å². The van der Waals surface area contributed by atoms with Gasteiger partial charge in [-0.1, -0.05) is 94.3 Å². The molecule has 8 rings (SSSR count). The summed E-state index contributed by atoms with van der Waals surface area (Å²) >= 11 is 0. The van der Waals surface area contributed by atoms with Crippen LogP contribution >= 0.6 is 0 Å². The summed E-state index contributed by atoms with van der Waals surface area (Å²) in [5.41, 5.74) is 10.0. The number of hydrogen-bond acceptors (Lipinski definition) is 5. The molecule has 2 heterocycles. The molecule has 0 fully saturated rings. The van der Waals surface area contributed by atoms with Crippen molar-refractivity contribution >= 4 is 33.9 Å². The van der Waals surface area contributed by atoms with E-state index >= 15 is 0 Å². The summed E-state index contributed by atoms with van der Waals surface area (Å²) in [5, 5.41) is 13.9. The third-order valence-corrected chi connectivity index (χ3v) is 12.1. The lowest BCUT2D eigenvalue weighted by atomic mass is 9.90. The molecule has 2 aliphatic heterocycles. The van der Waals surface area contributed by atoms with Crippen molar-refractivity contribution in [1.82, 2.24) is 9.15 Å². The van der Waals surface area contributed by atoms with Gasteiger partial charge in [0.05, 0.1) is 29.9 Å². The number of carboxylic acid groups (broad SMARTS) is 1. The highest BCUT2D eigenvalue weighted by atomic mass is 35.5. The first kappa shape index (κ1) is 53.4. The Morgan fingerprint density at radius 3 is 1.43 bits per heavy atom. The number of hydrogen-bond donors (Lipinski definition) is 1. The molecule has 0 aromatic heterocycles. The molecule has 0 saturated heterocycles. The van der Waals surface area contributed by atoms with Gasteiger partial charge in [0.15, 0.2) is 0 Å². The quantitative estimate of drug-likeness (QED) is 0.0597. The molecule has 0 spiro atoms. The first-order valence-corrected chi connectivity index (χ1v) is 22.8. The fourth-order valence-corrected chi connectivity index (χ4v) is 8.66. The van der Waals surface area contributed by atoms with Crippen LogP contribution in [0.25, 0.3) is 66.8 Å². The summed E-state index contributed by atoms with van der Waals surface area (Å²) in [6, 6.07) is 39.8. The van der Waals surface area contributed by atoms with E-state index in [-0.39, 0.29) is 43.8 Å². The molecule has 0 unspecified atom stereocenters. The zero-order valence-electron chi connectivity index (χ0n) is 39.0. The Kier molecular flexibility index (Phi) is 19.5. The second kappa shape index (κ2) is 24.5. The predicted molar refractivity (Wildman–Crippen MR) is 267 cm³/mol. The normalized spacial score (nSPS) is 10.7. The van der Waals surface area contributed by atoms with E-state index in [0.29, 0.717) is 17.7 Å². The van der Waals surface area contributed by atoms with Gasteiger partial charge in [0, 0.05) is 45.2 Å². The number of benzene rings is 6. The minimum absolute atomic E-state index is 0. The third-order valence-electron chi connectivity index (χ3n) is 12.1. The van der Waals surface area contributed by atoms with Gasteiger partial charge in [0.1, 0.15) is 48.9 Å². The number of aryl methyl sites for hydroxylation is 2. The van der Waals surface area contributed by atoms with Gasteiger partial charge in [-0.05, 0) is 107 Å². The van der Waals surface area contributed by atoms with E-state index in [1.54, 1.807) is 12.1 Å². The Bertz CT molecular complexity index is 3040. The van der Waals surface area contributed by atoms with Gasteiger partial charge in [-0.3, -0.25) is 0 Å². The van der Waals surface area contributed by atoms with Gasteiger partial charge in [-0.25, -0.2) is 18.7 Å². The number of ether oxygens (including phenoxy) is 1. The molecule has 1 N–H and O–H groups in total. The Hall–Kier alpha value is -6.22. The zero-order chi connectivity index (χ0) is 45.3. The van der Waals surface area contributed by atoms with Crippen LogP contribution in [0.4, 0.5) is 0 Å². The largest absolute Gasteiger partial charge is 1.00 e. The van der Waals surface area contributed by atoms with E-state index < -0.39 is 5.97 Å². The van der Waals surface area contributed by atoms with Gasteiger partial charge < -0.3 is 43.5 Å². The number of rotatable bonds is 13. The lowest BCUT2D eigenvalue weighted by Gasteiger charge is -2.17. The average molecular weight is 944 g/mol. The van der Waals surface area contributed by atoms with Crippen molar-refractivity contribution in [1.29, 1.82) is 0 Å². The highest BCUT2D eigenvalue weighted by molar-refractivity contribution is 6.09. The molecule has 4 aromatic carbocycles. The lowest BCUT2D eigenvalue weighted by molar-refractivity contribution is -0.001000. The summed E-state index contributed by atoms with van der Waals surface area (Å²) in [5.74, 6) is 0.355. The number of fused-ring (bicyclic) bond motifs is 4. The number of esters is 1. The van der Waals surface area contributed by atoms with Crippen LogP contribution in [-0.4, -0.2) is 49.8 Å². The Labute approximate surface area is 407 Å². The number of carbonyl (C=O) groups is 2. The molecule has 4 aromatic rings. The van der Waals surface area contributed by atoms with Gasteiger partial charge in [-0.15, -0.1) is 0 Å². The Balaban J connectivity index is 0.000000284. The van der Waals surface area contributed by atoms with Crippen LogP contribution in [0.2, 0.25) is 0 Å². The van der Waals surface area contributed by atoms with Crippen LogP contribution in [0.1, 0.15) is 99.6 Å². The monoisotopic (exact) mass is 942 g/mol. The molecule has 0 bridgehead atoms. The number of aromatic carboxylic acids is 1. The second-order valence-corrected chi connectivity index (χ2v) is 16.3. The van der Waals surface area contributed by atoms with Crippen LogP contribution in [0.5, 0.6) is 0 Å². The maximum atomic E-state index is 13.2. The van der Waals surface area contributed by atoms with Crippen molar-refractivity contribution in [3.05, 3.63) is 154 Å². The molecule has 67 heavy (non-hydrogen) atoms. The molecule has 0 saturated carbocycles. The van der Waals surface area contributed by atoms with E-state index in [0.717, 1.165) is 135 Å². The van der Waals surface area contributed by atoms with E-state index in [2.05, 4.69) is 99.2 Å². The first-order valence-electron chi connectivity index (χ1n) is 22.8. The highest BCUT2D eigenvalue weighted by Crippen LogP contribution is 2.43. The topological polar surface area (TPSA) is 95.9 Å². The molecule has 10 heteroatoms. The minimum Gasteiger partial charge on any atom is -1.00 e. The van der Waals surface area contributed by atoms with E-state index in [4.69, 9.17) is 13.6 Å². The molecule has 352 valence electrons. The van der Waals surface area contributed by atoms with Crippen molar-refractivity contribution in [3.8, 4) is 44.9 Å². The molecular weight excluding hydrogens is 880 g/mol.